The van der Waals surface area contributed by atoms with Crippen LogP contribution in [0.3, 0.4) is 0 Å². The van der Waals surface area contributed by atoms with Crippen LogP contribution in [0.15, 0.2) is 42.5 Å². The Hall–Kier alpha value is -2.47. The summed E-state index contributed by atoms with van der Waals surface area (Å²) in [6.07, 6.45) is -1.49. The van der Waals surface area contributed by atoms with Gasteiger partial charge in [-0.05, 0) is 43.3 Å². The molecule has 7 heteroatoms. The molecule has 1 amide bonds. The third kappa shape index (κ3) is 4.76. The normalized spacial score (nSPS) is 11.7. The number of ether oxygens (including phenoxy) is 1. The van der Waals surface area contributed by atoms with Gasteiger partial charge >= 0.3 is 5.97 Å². The summed E-state index contributed by atoms with van der Waals surface area (Å²) in [5.41, 5.74) is 0.372. The summed E-state index contributed by atoms with van der Waals surface area (Å²) in [5.74, 6) is -2.43. The Kier molecular flexibility index (Phi) is 5.87. The molecule has 0 saturated heterocycles. The second-order valence-electron chi connectivity index (χ2n) is 5.01. The predicted octanol–water partition coefficient (Wildman–Crippen LogP) is 3.73. The van der Waals surface area contributed by atoms with Crippen molar-refractivity contribution in [3.05, 3.63) is 64.7 Å². The molecule has 4 nitrogen and oxygen atoms in total. The molecule has 2 aromatic carbocycles. The number of amides is 1. The van der Waals surface area contributed by atoms with Gasteiger partial charge in [0.25, 0.3) is 5.91 Å². The van der Waals surface area contributed by atoms with Crippen LogP contribution in [-0.4, -0.2) is 18.0 Å². The van der Waals surface area contributed by atoms with Crippen molar-refractivity contribution in [2.75, 3.05) is 5.32 Å². The van der Waals surface area contributed by atoms with E-state index in [4.69, 9.17) is 16.3 Å². The average molecular weight is 354 g/mol. The lowest BCUT2D eigenvalue weighted by Gasteiger charge is -2.14. The SMILES string of the molecule is CC(OC(=O)Cc1c(F)cccc1Cl)C(=O)Nc1ccc(F)cc1. The molecule has 0 bridgehead atoms. The van der Waals surface area contributed by atoms with Gasteiger partial charge in [0.05, 0.1) is 6.42 Å². The molecule has 0 aliphatic heterocycles. The maximum atomic E-state index is 13.6. The van der Waals surface area contributed by atoms with Gasteiger partial charge in [-0.2, -0.15) is 0 Å². The number of halogens is 3. The lowest BCUT2D eigenvalue weighted by molar-refractivity contribution is -0.152. The van der Waals surface area contributed by atoms with E-state index in [9.17, 15) is 18.4 Å². The van der Waals surface area contributed by atoms with Crippen LogP contribution in [0.5, 0.6) is 0 Å². The fourth-order valence-corrected chi connectivity index (χ4v) is 2.14. The molecule has 1 unspecified atom stereocenters. The first-order valence-corrected chi connectivity index (χ1v) is 7.43. The molecule has 0 heterocycles. The van der Waals surface area contributed by atoms with E-state index >= 15 is 0 Å². The molecule has 1 N–H and O–H groups in total. The van der Waals surface area contributed by atoms with E-state index in [2.05, 4.69) is 5.32 Å². The van der Waals surface area contributed by atoms with E-state index in [1.165, 1.54) is 49.4 Å². The fraction of sp³-hybridized carbons (Fsp3) is 0.176. The van der Waals surface area contributed by atoms with Crippen molar-refractivity contribution in [1.29, 1.82) is 0 Å². The second-order valence-corrected chi connectivity index (χ2v) is 5.41. The molecule has 2 aromatic rings. The highest BCUT2D eigenvalue weighted by Crippen LogP contribution is 2.20. The van der Waals surface area contributed by atoms with Gasteiger partial charge < -0.3 is 10.1 Å². The van der Waals surface area contributed by atoms with Crippen molar-refractivity contribution < 1.29 is 23.1 Å². The van der Waals surface area contributed by atoms with Crippen LogP contribution in [0, 0.1) is 11.6 Å². The van der Waals surface area contributed by atoms with E-state index in [0.29, 0.717) is 5.69 Å². The van der Waals surface area contributed by atoms with Gasteiger partial charge in [-0.3, -0.25) is 9.59 Å². The molecule has 0 saturated carbocycles. The van der Waals surface area contributed by atoms with Crippen LogP contribution in [-0.2, 0) is 20.7 Å². The molecule has 2 rings (SSSR count). The summed E-state index contributed by atoms with van der Waals surface area (Å²) < 4.78 is 31.4. The minimum Gasteiger partial charge on any atom is -0.452 e. The Balaban J connectivity index is 1.93. The number of rotatable bonds is 5. The third-order valence-electron chi connectivity index (χ3n) is 3.17. The monoisotopic (exact) mass is 353 g/mol. The van der Waals surface area contributed by atoms with Crippen molar-refractivity contribution in [3.8, 4) is 0 Å². The molecule has 0 fully saturated rings. The minimum absolute atomic E-state index is 0.00955. The van der Waals surface area contributed by atoms with E-state index in [0.717, 1.165) is 0 Å². The van der Waals surface area contributed by atoms with E-state index < -0.39 is 29.6 Å². The van der Waals surface area contributed by atoms with Crippen LogP contribution >= 0.6 is 11.6 Å². The van der Waals surface area contributed by atoms with Gasteiger partial charge in [-0.1, -0.05) is 17.7 Å². The van der Waals surface area contributed by atoms with Crippen LogP contribution in [0.25, 0.3) is 0 Å². The number of carbonyl (C=O) groups excluding carboxylic acids is 2. The van der Waals surface area contributed by atoms with Crippen LogP contribution in [0.1, 0.15) is 12.5 Å². The van der Waals surface area contributed by atoms with Crippen molar-refractivity contribution >= 4 is 29.2 Å². The number of anilines is 1. The van der Waals surface area contributed by atoms with Gasteiger partial charge in [0.1, 0.15) is 11.6 Å². The quantitative estimate of drug-likeness (QED) is 0.833. The molecule has 0 spiro atoms. The summed E-state index contributed by atoms with van der Waals surface area (Å²) >= 11 is 5.84. The third-order valence-corrected chi connectivity index (χ3v) is 3.53. The highest BCUT2D eigenvalue weighted by molar-refractivity contribution is 6.31. The second kappa shape index (κ2) is 7.88. The van der Waals surface area contributed by atoms with E-state index in [1.807, 2.05) is 0 Å². The zero-order chi connectivity index (χ0) is 17.7. The summed E-state index contributed by atoms with van der Waals surface area (Å²) in [5, 5.41) is 2.58. The lowest BCUT2D eigenvalue weighted by Crippen LogP contribution is -2.30. The number of hydrogen-bond acceptors (Lipinski definition) is 3. The van der Waals surface area contributed by atoms with Gasteiger partial charge in [0.15, 0.2) is 6.10 Å². The predicted molar refractivity (Wildman–Crippen MR) is 85.7 cm³/mol. The molecule has 0 aliphatic carbocycles. The molecule has 0 radical (unpaired) electrons. The average Bonchev–Trinajstić information content (AvgIpc) is 2.53. The van der Waals surface area contributed by atoms with Gasteiger partial charge in [-0.15, -0.1) is 0 Å². The van der Waals surface area contributed by atoms with Crippen LogP contribution < -0.4 is 5.32 Å². The Labute approximate surface area is 142 Å². The first-order valence-electron chi connectivity index (χ1n) is 7.05. The highest BCUT2D eigenvalue weighted by atomic mass is 35.5. The smallest absolute Gasteiger partial charge is 0.311 e. The standard InChI is InChI=1S/C17H14ClF2NO3/c1-10(17(23)21-12-7-5-11(19)6-8-12)24-16(22)9-13-14(18)3-2-4-15(13)20/h2-8,10H,9H2,1H3,(H,21,23). The maximum absolute atomic E-state index is 13.6. The topological polar surface area (TPSA) is 55.4 Å². The van der Waals surface area contributed by atoms with Crippen LogP contribution in [0.2, 0.25) is 5.02 Å². The van der Waals surface area contributed by atoms with E-state index in [1.54, 1.807) is 0 Å². The van der Waals surface area contributed by atoms with Gasteiger partial charge in [-0.25, -0.2) is 8.78 Å². The Morgan fingerprint density at radius 3 is 2.46 bits per heavy atom. The molecular formula is C17H14ClF2NO3. The summed E-state index contributed by atoms with van der Waals surface area (Å²) in [4.78, 5) is 23.8. The van der Waals surface area contributed by atoms with Crippen molar-refractivity contribution in [2.45, 2.75) is 19.4 Å². The zero-order valence-corrected chi connectivity index (χ0v) is 13.4. The van der Waals surface area contributed by atoms with Crippen molar-refractivity contribution in [3.63, 3.8) is 0 Å². The van der Waals surface area contributed by atoms with Gasteiger partial charge in [0, 0.05) is 16.3 Å². The summed E-state index contributed by atoms with van der Waals surface area (Å²) in [7, 11) is 0. The Morgan fingerprint density at radius 2 is 1.83 bits per heavy atom. The Bertz CT molecular complexity index is 730. The number of nitrogens with one attached hydrogen (secondary N) is 1. The highest BCUT2D eigenvalue weighted by Gasteiger charge is 2.20. The lowest BCUT2D eigenvalue weighted by atomic mass is 10.1. The molecule has 0 aromatic heterocycles. The van der Waals surface area contributed by atoms with E-state index in [-0.39, 0.29) is 17.0 Å². The number of hydrogen-bond donors (Lipinski definition) is 1. The Morgan fingerprint density at radius 1 is 1.17 bits per heavy atom. The first-order chi connectivity index (χ1) is 11.4. The van der Waals surface area contributed by atoms with Gasteiger partial charge in [0.2, 0.25) is 0 Å². The number of esters is 1. The molecular weight excluding hydrogens is 340 g/mol. The molecule has 0 aliphatic rings. The summed E-state index contributed by atoms with van der Waals surface area (Å²) in [6, 6.07) is 9.18. The number of carbonyl (C=O) groups is 2. The number of benzene rings is 2. The fourth-order valence-electron chi connectivity index (χ4n) is 1.92. The van der Waals surface area contributed by atoms with Crippen molar-refractivity contribution in [1.82, 2.24) is 0 Å². The largest absolute Gasteiger partial charge is 0.452 e. The minimum atomic E-state index is -1.10. The van der Waals surface area contributed by atoms with Crippen molar-refractivity contribution in [2.24, 2.45) is 0 Å². The molecule has 126 valence electrons. The first kappa shape index (κ1) is 17.9. The zero-order valence-electron chi connectivity index (χ0n) is 12.7. The summed E-state index contributed by atoms with van der Waals surface area (Å²) in [6.45, 7) is 1.37. The maximum Gasteiger partial charge on any atom is 0.311 e. The molecule has 1 atom stereocenters. The van der Waals surface area contributed by atoms with Crippen LogP contribution in [0.4, 0.5) is 14.5 Å². The molecule has 24 heavy (non-hydrogen) atoms.